The zero-order chi connectivity index (χ0) is 24.3. The van der Waals surface area contributed by atoms with E-state index in [0.717, 1.165) is 30.2 Å². The molecule has 176 valence electrons. The Morgan fingerprint density at radius 3 is 2.50 bits per heavy atom. The summed E-state index contributed by atoms with van der Waals surface area (Å²) in [7, 11) is 0. The van der Waals surface area contributed by atoms with Gasteiger partial charge in [-0.1, -0.05) is 78.9 Å². The fraction of sp³-hybridized carbons (Fsp3) is 0.121. The van der Waals surface area contributed by atoms with E-state index in [9.17, 15) is 4.79 Å². The first-order valence-electron chi connectivity index (χ1n) is 12.5. The summed E-state index contributed by atoms with van der Waals surface area (Å²) in [5, 5.41) is 8.65. The standard InChI is InChI=1S/C27H20OS.C6H7N/c28-27(25-16-29-26-8-4-3-7-23(25)26)19-10-9-18-12-13-21-20-6-2-1-5-17(20)11-14-22(21)24(18)15-19;1-2-4-6-7-5-3-1/h1-8,12-16,19H,9-11H2;1-7H. The Morgan fingerprint density at radius 2 is 1.61 bits per heavy atom. The second-order valence-corrected chi connectivity index (χ2v) is 10.2. The van der Waals surface area contributed by atoms with Gasteiger partial charge in [0, 0.05) is 39.3 Å². The number of Topliss-reactive ketones (excluding diaryl/α,β-unsaturated/α-hetero) is 1. The number of thiophene rings is 1. The van der Waals surface area contributed by atoms with Gasteiger partial charge < -0.3 is 5.32 Å². The summed E-state index contributed by atoms with van der Waals surface area (Å²) < 4.78 is 1.19. The number of ketones is 1. The molecule has 0 saturated heterocycles. The number of nitrogens with one attached hydrogen (secondary N) is 1. The maximum absolute atomic E-state index is 13.4. The Hall–Kier alpha value is -3.95. The number of fused-ring (bicyclic) bond motifs is 6. The Morgan fingerprint density at radius 1 is 0.806 bits per heavy atom. The highest BCUT2D eigenvalue weighted by molar-refractivity contribution is 7.17. The first kappa shape index (κ1) is 22.5. The van der Waals surface area contributed by atoms with Crippen LogP contribution in [0.25, 0.3) is 33.4 Å². The minimum Gasteiger partial charge on any atom is -0.368 e. The minimum atomic E-state index is -0.0439. The highest BCUT2D eigenvalue weighted by Crippen LogP contribution is 2.30. The molecule has 0 saturated carbocycles. The normalized spacial score (nSPS) is 16.7. The van der Waals surface area contributed by atoms with Gasteiger partial charge in [0.15, 0.2) is 5.78 Å². The lowest BCUT2D eigenvalue weighted by molar-refractivity contribution is 0.0949. The van der Waals surface area contributed by atoms with E-state index < -0.39 is 0 Å². The average molecular weight is 486 g/mol. The number of aryl methyl sites for hydroxylation is 1. The van der Waals surface area contributed by atoms with Gasteiger partial charge in [0.25, 0.3) is 0 Å². The highest BCUT2D eigenvalue weighted by atomic mass is 32.1. The summed E-state index contributed by atoms with van der Waals surface area (Å²) in [6.07, 6.45) is 19.0. The van der Waals surface area contributed by atoms with Crippen LogP contribution < -0.4 is 15.8 Å². The second-order valence-electron chi connectivity index (χ2n) is 9.26. The monoisotopic (exact) mass is 485 g/mol. The minimum absolute atomic E-state index is 0.0439. The molecule has 1 N–H and O–H groups in total. The maximum Gasteiger partial charge on any atom is 0.171 e. The van der Waals surface area contributed by atoms with Crippen molar-refractivity contribution in [2.45, 2.75) is 19.3 Å². The lowest BCUT2D eigenvalue weighted by Gasteiger charge is -2.21. The smallest absolute Gasteiger partial charge is 0.171 e. The lowest BCUT2D eigenvalue weighted by atomic mass is 9.82. The SMILES string of the molecule is C1=CC=CNC=C1.O=C(c1csc2ccccc12)C1C=c2c(ccc3c2=CCc2ccccc2-3)CC1. The van der Waals surface area contributed by atoms with Crippen LogP contribution in [-0.2, 0) is 12.8 Å². The highest BCUT2D eigenvalue weighted by Gasteiger charge is 2.24. The van der Waals surface area contributed by atoms with Gasteiger partial charge >= 0.3 is 0 Å². The number of allylic oxidation sites excluding steroid dienone is 4. The molecule has 3 aromatic carbocycles. The molecule has 1 unspecified atom stereocenters. The molecule has 36 heavy (non-hydrogen) atoms. The molecule has 7 rings (SSSR count). The third-order valence-electron chi connectivity index (χ3n) is 7.11. The van der Waals surface area contributed by atoms with Gasteiger partial charge in [-0.25, -0.2) is 0 Å². The molecule has 2 aliphatic carbocycles. The summed E-state index contributed by atoms with van der Waals surface area (Å²) >= 11 is 1.67. The quantitative estimate of drug-likeness (QED) is 0.338. The van der Waals surface area contributed by atoms with Crippen molar-refractivity contribution in [1.29, 1.82) is 0 Å². The number of carbonyl (C=O) groups is 1. The third-order valence-corrected chi connectivity index (χ3v) is 8.07. The molecule has 3 heteroatoms. The van der Waals surface area contributed by atoms with E-state index in [1.54, 1.807) is 11.3 Å². The van der Waals surface area contributed by atoms with E-state index in [0.29, 0.717) is 0 Å². The van der Waals surface area contributed by atoms with Crippen LogP contribution >= 0.6 is 11.3 Å². The summed E-state index contributed by atoms with van der Waals surface area (Å²) in [6.45, 7) is 0. The van der Waals surface area contributed by atoms with Crippen LogP contribution in [0.15, 0.2) is 103 Å². The van der Waals surface area contributed by atoms with E-state index in [-0.39, 0.29) is 11.7 Å². The molecule has 1 atom stereocenters. The first-order valence-corrected chi connectivity index (χ1v) is 13.3. The molecule has 1 aromatic heterocycles. The Bertz CT molecular complexity index is 1650. The fourth-order valence-electron chi connectivity index (χ4n) is 5.30. The van der Waals surface area contributed by atoms with E-state index in [2.05, 4.69) is 66.0 Å². The molecule has 0 radical (unpaired) electrons. The largest absolute Gasteiger partial charge is 0.368 e. The van der Waals surface area contributed by atoms with E-state index in [1.165, 1.54) is 37.4 Å². The van der Waals surface area contributed by atoms with E-state index >= 15 is 0 Å². The number of carbonyl (C=O) groups excluding carboxylic acids is 1. The zero-order valence-corrected chi connectivity index (χ0v) is 20.8. The van der Waals surface area contributed by atoms with Crippen LogP contribution in [0.1, 0.15) is 27.9 Å². The Kier molecular flexibility index (Phi) is 6.23. The molecular weight excluding hydrogens is 458 g/mol. The van der Waals surface area contributed by atoms with Crippen molar-refractivity contribution in [3.63, 3.8) is 0 Å². The maximum atomic E-state index is 13.4. The van der Waals surface area contributed by atoms with Crippen LogP contribution in [0.5, 0.6) is 0 Å². The molecule has 0 bridgehead atoms. The molecule has 3 aliphatic rings. The summed E-state index contributed by atoms with van der Waals surface area (Å²) in [5.41, 5.74) is 6.27. The average Bonchev–Trinajstić information content (AvgIpc) is 3.14. The van der Waals surface area contributed by atoms with Gasteiger partial charge in [0.05, 0.1) is 0 Å². The molecule has 2 heterocycles. The van der Waals surface area contributed by atoms with Gasteiger partial charge in [0.1, 0.15) is 0 Å². The molecule has 1 aliphatic heterocycles. The van der Waals surface area contributed by atoms with Crippen molar-refractivity contribution in [3.8, 4) is 11.1 Å². The van der Waals surface area contributed by atoms with Crippen molar-refractivity contribution in [2.75, 3.05) is 0 Å². The van der Waals surface area contributed by atoms with E-state index in [4.69, 9.17) is 0 Å². The first-order chi connectivity index (χ1) is 17.8. The van der Waals surface area contributed by atoms with Gasteiger partial charge in [-0.2, -0.15) is 0 Å². The van der Waals surface area contributed by atoms with Gasteiger partial charge in [-0.05, 0) is 70.2 Å². The Labute approximate surface area is 215 Å². The van der Waals surface area contributed by atoms with Crippen LogP contribution in [0.2, 0.25) is 0 Å². The number of benzene rings is 3. The molecule has 0 spiro atoms. The van der Waals surface area contributed by atoms with Crippen LogP contribution in [0.3, 0.4) is 0 Å². The molecule has 4 aromatic rings. The molecule has 0 amide bonds. The number of rotatable bonds is 2. The van der Waals surface area contributed by atoms with Crippen LogP contribution in [0.4, 0.5) is 0 Å². The topological polar surface area (TPSA) is 29.1 Å². The van der Waals surface area contributed by atoms with Crippen molar-refractivity contribution in [1.82, 2.24) is 5.32 Å². The van der Waals surface area contributed by atoms with Crippen molar-refractivity contribution >= 4 is 39.4 Å². The van der Waals surface area contributed by atoms with Crippen molar-refractivity contribution < 1.29 is 4.79 Å². The zero-order valence-electron chi connectivity index (χ0n) is 20.0. The van der Waals surface area contributed by atoms with Gasteiger partial charge in [-0.15, -0.1) is 11.3 Å². The molecule has 2 nitrogen and oxygen atoms in total. The van der Waals surface area contributed by atoms with Crippen molar-refractivity contribution in [3.05, 3.63) is 130 Å². The van der Waals surface area contributed by atoms with Gasteiger partial charge in [0.2, 0.25) is 0 Å². The summed E-state index contributed by atoms with van der Waals surface area (Å²) in [6, 6.07) is 21.4. The van der Waals surface area contributed by atoms with Crippen molar-refractivity contribution in [2.24, 2.45) is 5.92 Å². The van der Waals surface area contributed by atoms with Gasteiger partial charge in [-0.3, -0.25) is 4.79 Å². The Balaban J connectivity index is 0.000000299. The lowest BCUT2D eigenvalue weighted by Crippen LogP contribution is -2.37. The number of hydrogen-bond donors (Lipinski definition) is 1. The molecular formula is C33H27NOS. The predicted octanol–water partition coefficient (Wildman–Crippen LogP) is 6.30. The summed E-state index contributed by atoms with van der Waals surface area (Å²) in [5.74, 6) is 0.222. The third kappa shape index (κ3) is 4.27. The summed E-state index contributed by atoms with van der Waals surface area (Å²) in [4.78, 5) is 13.4. The predicted molar refractivity (Wildman–Crippen MR) is 152 cm³/mol. The number of hydrogen-bond acceptors (Lipinski definition) is 3. The second kappa shape index (κ2) is 9.96. The van der Waals surface area contributed by atoms with E-state index in [1.807, 2.05) is 54.2 Å². The van der Waals surface area contributed by atoms with Crippen LogP contribution in [0, 0.1) is 5.92 Å². The van der Waals surface area contributed by atoms with Crippen LogP contribution in [-0.4, -0.2) is 5.78 Å². The molecule has 0 fully saturated rings. The fourth-order valence-corrected chi connectivity index (χ4v) is 6.25.